The van der Waals surface area contributed by atoms with Crippen LogP contribution in [0.1, 0.15) is 0 Å². The Bertz CT molecular complexity index is 51.7. The molecule has 1 heterocycles. The van der Waals surface area contributed by atoms with Crippen molar-refractivity contribution < 1.29 is 5.11 Å². The number of hydrogen-bond acceptors (Lipinski definition) is 3. The molecule has 0 aromatic heterocycles. The smallest absolute Gasteiger partial charge is 0.0484 e. The zero-order valence-electron chi connectivity index (χ0n) is 4.15. The second-order valence-electron chi connectivity index (χ2n) is 1.81. The summed E-state index contributed by atoms with van der Waals surface area (Å²) in [6, 6.07) is 0. The van der Waals surface area contributed by atoms with Crippen molar-refractivity contribution in [2.24, 2.45) is 5.92 Å². The van der Waals surface area contributed by atoms with E-state index in [0.717, 1.165) is 13.1 Å². The molecule has 3 N–H and O–H groups in total. The number of aliphatic hydroxyl groups excluding tert-OH is 1. The Balaban J connectivity index is 2.14. The van der Waals surface area contributed by atoms with E-state index in [1.807, 2.05) is 0 Å². The highest BCUT2D eigenvalue weighted by Gasteiger charge is 2.10. The standard InChI is InChI=1S/C4H10N2O/c7-3-4-1-5-6-2-4/h4-7H,1-3H2. The molecule has 1 aliphatic rings. The van der Waals surface area contributed by atoms with E-state index in [9.17, 15) is 0 Å². The number of nitrogens with one attached hydrogen (secondary N) is 2. The molecule has 0 bridgehead atoms. The van der Waals surface area contributed by atoms with Gasteiger partial charge in [-0.2, -0.15) is 0 Å². The van der Waals surface area contributed by atoms with Gasteiger partial charge >= 0.3 is 0 Å². The van der Waals surface area contributed by atoms with E-state index in [4.69, 9.17) is 5.11 Å². The van der Waals surface area contributed by atoms with Crippen molar-refractivity contribution in [2.75, 3.05) is 19.7 Å². The molecule has 1 saturated heterocycles. The first-order valence-corrected chi connectivity index (χ1v) is 2.50. The second kappa shape index (κ2) is 2.26. The molecular formula is C4H10N2O. The normalized spacial score (nSPS) is 23.6. The second-order valence-corrected chi connectivity index (χ2v) is 1.81. The number of hydrazine groups is 1. The summed E-state index contributed by atoms with van der Waals surface area (Å²) in [5.41, 5.74) is 5.83. The third-order valence-electron chi connectivity index (χ3n) is 1.16. The van der Waals surface area contributed by atoms with E-state index in [-0.39, 0.29) is 0 Å². The van der Waals surface area contributed by atoms with Crippen LogP contribution in [0.25, 0.3) is 0 Å². The molecule has 3 nitrogen and oxygen atoms in total. The lowest BCUT2D eigenvalue weighted by Crippen LogP contribution is -2.21. The summed E-state index contributed by atoms with van der Waals surface area (Å²) in [7, 11) is 0. The Morgan fingerprint density at radius 2 is 2.00 bits per heavy atom. The largest absolute Gasteiger partial charge is 0.396 e. The summed E-state index contributed by atoms with van der Waals surface area (Å²) in [5, 5.41) is 8.49. The third kappa shape index (κ3) is 1.12. The van der Waals surface area contributed by atoms with E-state index in [2.05, 4.69) is 10.9 Å². The van der Waals surface area contributed by atoms with Gasteiger partial charge in [-0.25, -0.2) is 0 Å². The van der Waals surface area contributed by atoms with Crippen LogP contribution >= 0.6 is 0 Å². The van der Waals surface area contributed by atoms with Gasteiger partial charge in [-0.1, -0.05) is 0 Å². The molecule has 1 fully saturated rings. The van der Waals surface area contributed by atoms with E-state index in [1.54, 1.807) is 0 Å². The maximum absolute atomic E-state index is 8.49. The molecule has 0 radical (unpaired) electrons. The summed E-state index contributed by atoms with van der Waals surface area (Å²) in [6.45, 7) is 2.09. The molecule has 0 spiro atoms. The van der Waals surface area contributed by atoms with Gasteiger partial charge in [0, 0.05) is 25.6 Å². The Hall–Kier alpha value is -0.120. The summed E-state index contributed by atoms with van der Waals surface area (Å²) >= 11 is 0. The van der Waals surface area contributed by atoms with Crippen LogP contribution in [-0.4, -0.2) is 24.8 Å². The van der Waals surface area contributed by atoms with Gasteiger partial charge in [0.05, 0.1) is 0 Å². The van der Waals surface area contributed by atoms with Crippen LogP contribution in [0, 0.1) is 5.92 Å². The number of aliphatic hydroxyl groups is 1. The summed E-state index contributed by atoms with van der Waals surface area (Å²) in [4.78, 5) is 0. The number of rotatable bonds is 1. The van der Waals surface area contributed by atoms with Gasteiger partial charge in [0.15, 0.2) is 0 Å². The average Bonchev–Trinajstić information content (AvgIpc) is 2.14. The molecule has 0 saturated carbocycles. The van der Waals surface area contributed by atoms with Crippen LogP contribution in [0.3, 0.4) is 0 Å². The topological polar surface area (TPSA) is 44.3 Å². The molecule has 0 amide bonds. The monoisotopic (exact) mass is 102 g/mol. The van der Waals surface area contributed by atoms with Gasteiger partial charge in [-0.05, 0) is 0 Å². The molecule has 0 aliphatic carbocycles. The first-order valence-electron chi connectivity index (χ1n) is 2.50. The van der Waals surface area contributed by atoms with Crippen molar-refractivity contribution in [1.82, 2.24) is 10.9 Å². The van der Waals surface area contributed by atoms with Gasteiger partial charge in [-0.3, -0.25) is 10.9 Å². The third-order valence-corrected chi connectivity index (χ3v) is 1.16. The minimum absolute atomic E-state index is 0.292. The highest BCUT2D eigenvalue weighted by atomic mass is 16.3. The predicted octanol–water partition coefficient (Wildman–Crippen LogP) is -1.30. The Morgan fingerprint density at radius 1 is 1.43 bits per heavy atom. The SMILES string of the molecule is OCC1CNNC1. The first-order chi connectivity index (χ1) is 3.43. The lowest BCUT2D eigenvalue weighted by Gasteiger charge is -1.96. The highest BCUT2D eigenvalue weighted by Crippen LogP contribution is 1.92. The fourth-order valence-corrected chi connectivity index (χ4v) is 0.634. The minimum atomic E-state index is 0.292. The van der Waals surface area contributed by atoms with Crippen LogP contribution in [0.15, 0.2) is 0 Å². The molecule has 1 aliphatic heterocycles. The van der Waals surface area contributed by atoms with Gasteiger partial charge in [0.2, 0.25) is 0 Å². The van der Waals surface area contributed by atoms with Gasteiger partial charge in [-0.15, -0.1) is 0 Å². The molecule has 0 aromatic rings. The van der Waals surface area contributed by atoms with Crippen LogP contribution < -0.4 is 10.9 Å². The van der Waals surface area contributed by atoms with Crippen LogP contribution in [0.4, 0.5) is 0 Å². The molecule has 3 heteroatoms. The Kier molecular flexibility index (Phi) is 1.62. The summed E-state index contributed by atoms with van der Waals surface area (Å²) in [6.07, 6.45) is 0. The van der Waals surface area contributed by atoms with E-state index in [0.29, 0.717) is 12.5 Å². The average molecular weight is 102 g/mol. The molecule has 0 unspecified atom stereocenters. The Morgan fingerprint density at radius 3 is 2.29 bits per heavy atom. The molecule has 7 heavy (non-hydrogen) atoms. The van der Waals surface area contributed by atoms with Gasteiger partial charge in [0.25, 0.3) is 0 Å². The van der Waals surface area contributed by atoms with Crippen molar-refractivity contribution in [3.8, 4) is 0 Å². The fourth-order valence-electron chi connectivity index (χ4n) is 0.634. The van der Waals surface area contributed by atoms with Crippen LogP contribution in [-0.2, 0) is 0 Å². The molecule has 42 valence electrons. The predicted molar refractivity (Wildman–Crippen MR) is 26.6 cm³/mol. The zero-order chi connectivity index (χ0) is 5.11. The lowest BCUT2D eigenvalue weighted by atomic mass is 10.2. The van der Waals surface area contributed by atoms with Gasteiger partial charge < -0.3 is 5.11 Å². The zero-order valence-corrected chi connectivity index (χ0v) is 4.15. The van der Waals surface area contributed by atoms with Crippen molar-refractivity contribution in [1.29, 1.82) is 0 Å². The summed E-state index contributed by atoms with van der Waals surface area (Å²) in [5.74, 6) is 0.431. The summed E-state index contributed by atoms with van der Waals surface area (Å²) < 4.78 is 0. The highest BCUT2D eigenvalue weighted by molar-refractivity contribution is 4.66. The van der Waals surface area contributed by atoms with Crippen LogP contribution in [0.5, 0.6) is 0 Å². The molecule has 0 atom stereocenters. The number of hydrogen-bond donors (Lipinski definition) is 3. The molecular weight excluding hydrogens is 92.1 g/mol. The maximum Gasteiger partial charge on any atom is 0.0484 e. The first kappa shape index (κ1) is 5.03. The maximum atomic E-state index is 8.49. The molecule has 1 rings (SSSR count). The van der Waals surface area contributed by atoms with Gasteiger partial charge in [0.1, 0.15) is 0 Å². The minimum Gasteiger partial charge on any atom is -0.396 e. The van der Waals surface area contributed by atoms with Crippen molar-refractivity contribution in [3.63, 3.8) is 0 Å². The fraction of sp³-hybridized carbons (Fsp3) is 1.00. The lowest BCUT2D eigenvalue weighted by molar-refractivity contribution is 0.243. The van der Waals surface area contributed by atoms with E-state index in [1.165, 1.54) is 0 Å². The van der Waals surface area contributed by atoms with Crippen molar-refractivity contribution in [2.45, 2.75) is 0 Å². The van der Waals surface area contributed by atoms with E-state index >= 15 is 0 Å². The van der Waals surface area contributed by atoms with Crippen molar-refractivity contribution >= 4 is 0 Å². The Labute approximate surface area is 42.7 Å². The van der Waals surface area contributed by atoms with E-state index < -0.39 is 0 Å². The van der Waals surface area contributed by atoms with Crippen LogP contribution in [0.2, 0.25) is 0 Å². The molecule has 0 aromatic carbocycles. The van der Waals surface area contributed by atoms with Crippen molar-refractivity contribution in [3.05, 3.63) is 0 Å². The quantitative estimate of drug-likeness (QED) is 0.385.